The Morgan fingerprint density at radius 3 is 2.57 bits per heavy atom. The first kappa shape index (κ1) is 22.1. The monoisotopic (exact) mass is 516 g/mol. The second-order valence-corrected chi connectivity index (χ2v) is 8.85. The fourth-order valence-electron chi connectivity index (χ4n) is 2.56. The summed E-state index contributed by atoms with van der Waals surface area (Å²) in [7, 11) is -3.06. The maximum absolute atomic E-state index is 14.3. The topological polar surface area (TPSA) is 85.4 Å². The number of anilines is 1. The summed E-state index contributed by atoms with van der Waals surface area (Å²) in [6.07, 6.45) is 1.11. The Morgan fingerprint density at radius 1 is 1.17 bits per heavy atom. The number of carbonyl (C=O) groups excluding carboxylic acids is 1. The first-order valence-electron chi connectivity index (χ1n) is 8.14. The van der Waals surface area contributed by atoms with Gasteiger partial charge < -0.3 is 4.74 Å². The second-order valence-electron chi connectivity index (χ2n) is 5.88. The van der Waals surface area contributed by atoms with E-state index < -0.39 is 43.6 Å². The van der Waals surface area contributed by atoms with Gasteiger partial charge in [-0.2, -0.15) is 0 Å². The van der Waals surface area contributed by atoms with Crippen molar-refractivity contribution in [1.82, 2.24) is 4.98 Å². The SMILES string of the molecule is COc1cccc(F)c1C(=O)c1ncc(Cl)cc1NS(=O)(=O)c1ccc(Br)c(F)c1. The van der Waals surface area contributed by atoms with Crippen LogP contribution in [0.2, 0.25) is 5.02 Å². The van der Waals surface area contributed by atoms with Crippen molar-refractivity contribution in [3.05, 3.63) is 81.0 Å². The highest BCUT2D eigenvalue weighted by Gasteiger charge is 2.26. The molecule has 1 aromatic heterocycles. The number of ketones is 1. The van der Waals surface area contributed by atoms with Crippen LogP contribution < -0.4 is 9.46 Å². The van der Waals surface area contributed by atoms with Crippen LogP contribution in [0.15, 0.2) is 58.0 Å². The summed E-state index contributed by atoms with van der Waals surface area (Å²) >= 11 is 8.84. The van der Waals surface area contributed by atoms with Gasteiger partial charge in [-0.3, -0.25) is 9.52 Å². The molecule has 0 fully saturated rings. The second kappa shape index (κ2) is 8.66. The molecule has 0 spiro atoms. The molecule has 0 amide bonds. The third-order valence-electron chi connectivity index (χ3n) is 3.94. The molecule has 1 N–H and O–H groups in total. The van der Waals surface area contributed by atoms with E-state index in [1.165, 1.54) is 25.3 Å². The van der Waals surface area contributed by atoms with Crippen molar-refractivity contribution >= 4 is 49.0 Å². The number of aromatic nitrogens is 1. The zero-order valence-corrected chi connectivity index (χ0v) is 18.3. The minimum Gasteiger partial charge on any atom is -0.496 e. The molecule has 3 aromatic rings. The van der Waals surface area contributed by atoms with Gasteiger partial charge in [-0.15, -0.1) is 0 Å². The van der Waals surface area contributed by atoms with Crippen LogP contribution in [0.5, 0.6) is 5.75 Å². The molecule has 6 nitrogen and oxygen atoms in total. The number of hydrogen-bond acceptors (Lipinski definition) is 5. The Bertz CT molecular complexity index is 1260. The Morgan fingerprint density at radius 2 is 1.90 bits per heavy atom. The molecule has 0 saturated heterocycles. The van der Waals surface area contributed by atoms with Crippen LogP contribution in [0.25, 0.3) is 0 Å². The van der Waals surface area contributed by atoms with Crippen LogP contribution in [0.1, 0.15) is 16.1 Å². The molecular weight excluding hydrogens is 506 g/mol. The summed E-state index contributed by atoms with van der Waals surface area (Å²) in [4.78, 5) is 16.4. The van der Waals surface area contributed by atoms with Crippen LogP contribution in [-0.2, 0) is 10.0 Å². The van der Waals surface area contributed by atoms with Gasteiger partial charge in [-0.25, -0.2) is 22.2 Å². The lowest BCUT2D eigenvalue weighted by Crippen LogP contribution is -2.18. The highest BCUT2D eigenvalue weighted by molar-refractivity contribution is 9.10. The van der Waals surface area contributed by atoms with Crippen molar-refractivity contribution < 1.29 is 26.7 Å². The van der Waals surface area contributed by atoms with E-state index in [1.807, 2.05) is 0 Å². The van der Waals surface area contributed by atoms with Gasteiger partial charge in [-0.1, -0.05) is 17.7 Å². The summed E-state index contributed by atoms with van der Waals surface area (Å²) in [6, 6.07) is 8.10. The van der Waals surface area contributed by atoms with E-state index in [2.05, 4.69) is 25.6 Å². The van der Waals surface area contributed by atoms with Crippen molar-refractivity contribution in [2.45, 2.75) is 4.90 Å². The molecule has 11 heteroatoms. The predicted octanol–water partition coefficient (Wildman–Crippen LogP) is 4.82. The van der Waals surface area contributed by atoms with Crippen molar-refractivity contribution in [2.75, 3.05) is 11.8 Å². The molecule has 0 aliphatic heterocycles. The van der Waals surface area contributed by atoms with Crippen molar-refractivity contribution in [2.24, 2.45) is 0 Å². The maximum atomic E-state index is 14.3. The summed E-state index contributed by atoms with van der Waals surface area (Å²) in [5, 5.41) is 0.0201. The fraction of sp³-hybridized carbons (Fsp3) is 0.0526. The molecule has 0 radical (unpaired) electrons. The largest absolute Gasteiger partial charge is 0.496 e. The molecule has 1 heterocycles. The number of carbonyl (C=O) groups is 1. The first-order chi connectivity index (χ1) is 14.1. The van der Waals surface area contributed by atoms with Gasteiger partial charge in [-0.05, 0) is 52.3 Å². The lowest BCUT2D eigenvalue weighted by atomic mass is 10.0. The molecule has 0 saturated carbocycles. The predicted molar refractivity (Wildman–Crippen MR) is 111 cm³/mol. The van der Waals surface area contributed by atoms with Gasteiger partial charge in [0.25, 0.3) is 10.0 Å². The van der Waals surface area contributed by atoms with Crippen molar-refractivity contribution in [3.8, 4) is 5.75 Å². The van der Waals surface area contributed by atoms with E-state index in [4.69, 9.17) is 16.3 Å². The standard InChI is InChI=1S/C19H12BrClF2N2O4S/c1-29-16-4-2-3-13(22)17(16)19(26)18-15(7-10(21)9-24-18)25-30(27,28)11-5-6-12(20)14(23)8-11/h2-9,25H,1H3. The quantitative estimate of drug-likeness (QED) is 0.474. The molecule has 0 aliphatic carbocycles. The molecule has 30 heavy (non-hydrogen) atoms. The molecule has 156 valence electrons. The van der Waals surface area contributed by atoms with Gasteiger partial charge in [0.1, 0.15) is 28.6 Å². The van der Waals surface area contributed by atoms with E-state index >= 15 is 0 Å². The van der Waals surface area contributed by atoms with E-state index in [9.17, 15) is 22.0 Å². The number of ether oxygens (including phenoxy) is 1. The first-order valence-corrected chi connectivity index (χ1v) is 10.8. The lowest BCUT2D eigenvalue weighted by molar-refractivity contribution is 0.102. The number of sulfonamides is 1. The van der Waals surface area contributed by atoms with Crippen molar-refractivity contribution in [3.63, 3.8) is 0 Å². The number of nitrogens with one attached hydrogen (secondary N) is 1. The highest BCUT2D eigenvalue weighted by atomic mass is 79.9. The van der Waals surface area contributed by atoms with Crippen LogP contribution >= 0.6 is 27.5 Å². The van der Waals surface area contributed by atoms with Crippen LogP contribution in [0, 0.1) is 11.6 Å². The average Bonchev–Trinajstić information content (AvgIpc) is 2.69. The van der Waals surface area contributed by atoms with Gasteiger partial charge in [0.15, 0.2) is 0 Å². The zero-order chi connectivity index (χ0) is 22.1. The van der Waals surface area contributed by atoms with Crippen molar-refractivity contribution in [1.29, 1.82) is 0 Å². The van der Waals surface area contributed by atoms with Gasteiger partial charge in [0, 0.05) is 6.20 Å². The molecule has 0 unspecified atom stereocenters. The number of methoxy groups -OCH3 is 1. The third kappa shape index (κ3) is 4.45. The maximum Gasteiger partial charge on any atom is 0.262 e. The van der Waals surface area contributed by atoms with Gasteiger partial charge in [0.2, 0.25) is 5.78 Å². The number of pyridine rings is 1. The Kier molecular flexibility index (Phi) is 6.39. The number of benzene rings is 2. The summed E-state index contributed by atoms with van der Waals surface area (Å²) in [5.74, 6) is -2.66. The van der Waals surface area contributed by atoms with Crippen LogP contribution in [-0.4, -0.2) is 26.3 Å². The molecule has 3 rings (SSSR count). The van der Waals surface area contributed by atoms with E-state index in [0.29, 0.717) is 0 Å². The molecular formula is C19H12BrClF2N2O4S. The Labute approximate surface area is 184 Å². The molecule has 0 bridgehead atoms. The summed E-state index contributed by atoms with van der Waals surface area (Å²) in [6.45, 7) is 0. The number of halogens is 4. The molecule has 0 atom stereocenters. The van der Waals surface area contributed by atoms with Crippen LogP contribution in [0.4, 0.5) is 14.5 Å². The van der Waals surface area contributed by atoms with Gasteiger partial charge in [0.05, 0.1) is 27.2 Å². The average molecular weight is 518 g/mol. The fourth-order valence-corrected chi connectivity index (χ4v) is 4.03. The normalized spacial score (nSPS) is 11.2. The minimum atomic E-state index is -4.32. The van der Waals surface area contributed by atoms with Crippen LogP contribution in [0.3, 0.4) is 0 Å². The van der Waals surface area contributed by atoms with E-state index in [0.717, 1.165) is 30.5 Å². The number of nitrogens with zero attached hydrogens (tertiary/aromatic N) is 1. The Hall–Kier alpha value is -2.56. The summed E-state index contributed by atoms with van der Waals surface area (Å²) < 4.78 is 60.8. The van der Waals surface area contributed by atoms with Gasteiger partial charge >= 0.3 is 0 Å². The Balaban J connectivity index is 2.09. The lowest BCUT2D eigenvalue weighted by Gasteiger charge is -2.14. The van der Waals surface area contributed by atoms with E-state index in [1.54, 1.807) is 0 Å². The number of hydrogen-bond donors (Lipinski definition) is 1. The van der Waals surface area contributed by atoms with E-state index in [-0.39, 0.29) is 20.9 Å². The number of rotatable bonds is 6. The molecule has 2 aromatic carbocycles. The smallest absolute Gasteiger partial charge is 0.262 e. The minimum absolute atomic E-state index is 0.0201. The zero-order valence-electron chi connectivity index (χ0n) is 15.1. The molecule has 0 aliphatic rings. The third-order valence-corrected chi connectivity index (χ3v) is 6.15. The highest BCUT2D eigenvalue weighted by Crippen LogP contribution is 2.29. The summed E-state index contributed by atoms with van der Waals surface area (Å²) in [5.41, 5.74) is -1.14.